The Hall–Kier alpha value is -4.20. The number of fused-ring (bicyclic) bond motifs is 1. The van der Waals surface area contributed by atoms with E-state index >= 15 is 0 Å². The first-order valence-corrected chi connectivity index (χ1v) is 10.6. The van der Waals surface area contributed by atoms with E-state index in [0.717, 1.165) is 35.9 Å². The summed E-state index contributed by atoms with van der Waals surface area (Å²) in [5.41, 5.74) is 5.57. The van der Waals surface area contributed by atoms with Gasteiger partial charge in [0.2, 0.25) is 5.89 Å². The number of carbonyl (C=O) groups is 1. The van der Waals surface area contributed by atoms with Gasteiger partial charge in [0.15, 0.2) is 11.4 Å². The number of pyridine rings is 1. The van der Waals surface area contributed by atoms with Crippen molar-refractivity contribution in [1.82, 2.24) is 24.7 Å². The monoisotopic (exact) mass is 439 g/mol. The summed E-state index contributed by atoms with van der Waals surface area (Å²) >= 11 is 0. The summed E-state index contributed by atoms with van der Waals surface area (Å²) in [6.45, 7) is 0. The molecule has 1 saturated carbocycles. The highest BCUT2D eigenvalue weighted by molar-refractivity contribution is 5.86. The maximum atomic E-state index is 14.2. The molecule has 7 nitrogen and oxygen atoms in total. The van der Waals surface area contributed by atoms with Gasteiger partial charge >= 0.3 is 0 Å². The lowest BCUT2D eigenvalue weighted by Gasteiger charge is -2.12. The molecule has 1 aliphatic carbocycles. The third-order valence-electron chi connectivity index (χ3n) is 5.85. The molecule has 0 N–H and O–H groups in total. The second kappa shape index (κ2) is 7.44. The average molecular weight is 439 g/mol. The van der Waals surface area contributed by atoms with E-state index in [4.69, 9.17) is 9.40 Å². The number of hydrogen-bond donors (Lipinski definition) is 0. The number of oxazole rings is 1. The molecule has 162 valence electrons. The Balaban J connectivity index is 1.54. The topological polar surface area (TPSA) is 86.7 Å². The van der Waals surface area contributed by atoms with Crippen LogP contribution >= 0.6 is 0 Å². The Morgan fingerprint density at radius 3 is 2.70 bits per heavy atom. The van der Waals surface area contributed by atoms with Crippen LogP contribution in [-0.4, -0.2) is 31.0 Å². The zero-order valence-corrected chi connectivity index (χ0v) is 17.7. The molecule has 3 aromatic heterocycles. The maximum absolute atomic E-state index is 14.2. The Bertz CT molecular complexity index is 1530. The standard InChI is InChI=1S/C25H18FN5O2/c1-31-13-27-30-24(31)19-11-17(26)5-6-18(19)16-9-20(15-3-4-15)28-22(10-16)25-29-21-8-14(12-32)2-7-23(21)33-25/h2,5-13,15H,3-4H2,1H3. The predicted molar refractivity (Wildman–Crippen MR) is 120 cm³/mol. The Labute approximate surface area is 187 Å². The molecule has 1 fully saturated rings. The molecule has 5 aromatic rings. The van der Waals surface area contributed by atoms with Crippen LogP contribution in [-0.2, 0) is 7.05 Å². The van der Waals surface area contributed by atoms with Gasteiger partial charge in [0.05, 0.1) is 0 Å². The molecule has 6 rings (SSSR count). The predicted octanol–water partition coefficient (Wildman–Crippen LogP) is 5.18. The van der Waals surface area contributed by atoms with Crippen molar-refractivity contribution in [3.05, 3.63) is 71.9 Å². The average Bonchev–Trinajstić information content (AvgIpc) is 3.46. The summed E-state index contributed by atoms with van der Waals surface area (Å²) in [7, 11) is 1.82. The normalized spacial score (nSPS) is 13.5. The van der Waals surface area contributed by atoms with Crippen LogP contribution in [0.2, 0.25) is 0 Å². The van der Waals surface area contributed by atoms with Crippen LogP contribution in [0.4, 0.5) is 4.39 Å². The number of halogens is 1. The van der Waals surface area contributed by atoms with Gasteiger partial charge in [0.25, 0.3) is 0 Å². The third kappa shape index (κ3) is 3.49. The number of aryl methyl sites for hydroxylation is 1. The molecular formula is C25H18FN5O2. The minimum Gasteiger partial charge on any atom is -0.435 e. The minimum absolute atomic E-state index is 0.349. The number of aromatic nitrogens is 5. The smallest absolute Gasteiger partial charge is 0.246 e. The maximum Gasteiger partial charge on any atom is 0.246 e. The van der Waals surface area contributed by atoms with Gasteiger partial charge < -0.3 is 8.98 Å². The molecule has 0 amide bonds. The molecular weight excluding hydrogens is 421 g/mol. The van der Waals surface area contributed by atoms with Crippen LogP contribution < -0.4 is 0 Å². The van der Waals surface area contributed by atoms with E-state index < -0.39 is 0 Å². The summed E-state index contributed by atoms with van der Waals surface area (Å²) in [6, 6.07) is 13.7. The van der Waals surface area contributed by atoms with Crippen LogP contribution in [0, 0.1) is 5.82 Å². The lowest BCUT2D eigenvalue weighted by molar-refractivity contribution is 0.112. The summed E-state index contributed by atoms with van der Waals surface area (Å²) in [4.78, 5) is 20.5. The SMILES string of the molecule is Cn1cnnc1-c1cc(F)ccc1-c1cc(-c2nc3cc(C=O)ccc3o2)nc(C2CC2)c1. The number of nitrogens with zero attached hydrogens (tertiary/aromatic N) is 5. The minimum atomic E-state index is -0.349. The van der Waals surface area contributed by atoms with Crippen LogP contribution in [0.1, 0.15) is 34.8 Å². The van der Waals surface area contributed by atoms with Crippen molar-refractivity contribution in [1.29, 1.82) is 0 Å². The first-order chi connectivity index (χ1) is 16.1. The highest BCUT2D eigenvalue weighted by Gasteiger charge is 2.27. The van der Waals surface area contributed by atoms with Crippen LogP contribution in [0.25, 0.3) is 45.2 Å². The van der Waals surface area contributed by atoms with Gasteiger partial charge in [-0.2, -0.15) is 0 Å². The van der Waals surface area contributed by atoms with Crippen LogP contribution in [0.5, 0.6) is 0 Å². The first kappa shape index (κ1) is 19.5. The quantitative estimate of drug-likeness (QED) is 0.351. The fourth-order valence-corrected chi connectivity index (χ4v) is 4.01. The number of benzene rings is 2. The van der Waals surface area contributed by atoms with Crippen molar-refractivity contribution >= 4 is 17.4 Å². The molecule has 33 heavy (non-hydrogen) atoms. The second-order valence-corrected chi connectivity index (χ2v) is 8.26. The van der Waals surface area contributed by atoms with Crippen molar-refractivity contribution in [2.45, 2.75) is 18.8 Å². The number of hydrogen-bond acceptors (Lipinski definition) is 6. The molecule has 0 unspecified atom stereocenters. The van der Waals surface area contributed by atoms with Crippen molar-refractivity contribution in [3.8, 4) is 34.1 Å². The molecule has 0 radical (unpaired) electrons. The highest BCUT2D eigenvalue weighted by Crippen LogP contribution is 2.42. The zero-order valence-electron chi connectivity index (χ0n) is 17.7. The molecule has 0 atom stereocenters. The summed E-state index contributed by atoms with van der Waals surface area (Å²) < 4.78 is 21.9. The Morgan fingerprint density at radius 2 is 1.94 bits per heavy atom. The van der Waals surface area contributed by atoms with E-state index in [-0.39, 0.29) is 5.82 Å². The number of carbonyl (C=O) groups excluding carboxylic acids is 1. The molecule has 8 heteroatoms. The molecule has 0 aliphatic heterocycles. The Kier molecular flexibility index (Phi) is 4.39. The lowest BCUT2D eigenvalue weighted by Crippen LogP contribution is -1.97. The molecule has 0 bridgehead atoms. The molecule has 0 spiro atoms. The highest BCUT2D eigenvalue weighted by atomic mass is 19.1. The second-order valence-electron chi connectivity index (χ2n) is 8.26. The third-order valence-corrected chi connectivity index (χ3v) is 5.85. The zero-order chi connectivity index (χ0) is 22.5. The molecule has 3 heterocycles. The molecule has 2 aromatic carbocycles. The van der Waals surface area contributed by atoms with Gasteiger partial charge in [-0.1, -0.05) is 6.07 Å². The van der Waals surface area contributed by atoms with Gasteiger partial charge in [0.1, 0.15) is 29.6 Å². The van der Waals surface area contributed by atoms with Crippen LogP contribution in [0.15, 0.2) is 59.3 Å². The number of rotatable bonds is 5. The van der Waals surface area contributed by atoms with Gasteiger partial charge in [-0.15, -0.1) is 10.2 Å². The fraction of sp³-hybridized carbons (Fsp3) is 0.160. The van der Waals surface area contributed by atoms with E-state index in [1.165, 1.54) is 12.1 Å². The van der Waals surface area contributed by atoms with Crippen molar-refractivity contribution in [2.24, 2.45) is 7.05 Å². The van der Waals surface area contributed by atoms with Crippen LogP contribution in [0.3, 0.4) is 0 Å². The van der Waals surface area contributed by atoms with E-state index in [1.807, 2.05) is 19.2 Å². The van der Waals surface area contributed by atoms with Crippen molar-refractivity contribution in [3.63, 3.8) is 0 Å². The largest absolute Gasteiger partial charge is 0.435 e. The van der Waals surface area contributed by atoms with E-state index in [2.05, 4.69) is 15.2 Å². The molecule has 1 aliphatic rings. The fourth-order valence-electron chi connectivity index (χ4n) is 4.01. The lowest BCUT2D eigenvalue weighted by atomic mass is 9.97. The van der Waals surface area contributed by atoms with E-state index in [0.29, 0.717) is 45.6 Å². The van der Waals surface area contributed by atoms with Gasteiger partial charge in [-0.3, -0.25) is 4.79 Å². The summed E-state index contributed by atoms with van der Waals surface area (Å²) in [5.74, 6) is 0.977. The number of aldehydes is 1. The van der Waals surface area contributed by atoms with Crippen molar-refractivity contribution in [2.75, 3.05) is 0 Å². The van der Waals surface area contributed by atoms with Gasteiger partial charge in [-0.25, -0.2) is 14.4 Å². The summed E-state index contributed by atoms with van der Waals surface area (Å²) in [6.07, 6.45) is 4.52. The summed E-state index contributed by atoms with van der Waals surface area (Å²) in [5, 5.41) is 8.13. The van der Waals surface area contributed by atoms with Gasteiger partial charge in [-0.05, 0) is 66.4 Å². The van der Waals surface area contributed by atoms with E-state index in [1.54, 1.807) is 35.2 Å². The molecule has 0 saturated heterocycles. The van der Waals surface area contributed by atoms with Crippen molar-refractivity contribution < 1.29 is 13.6 Å². The Morgan fingerprint density at radius 1 is 1.06 bits per heavy atom. The van der Waals surface area contributed by atoms with Gasteiger partial charge in [0, 0.05) is 29.8 Å². The first-order valence-electron chi connectivity index (χ1n) is 10.6. The van der Waals surface area contributed by atoms with E-state index in [9.17, 15) is 9.18 Å².